The van der Waals surface area contributed by atoms with Gasteiger partial charge in [-0.3, -0.25) is 19.2 Å². The first kappa shape index (κ1) is 24.1. The summed E-state index contributed by atoms with van der Waals surface area (Å²) in [5.74, 6) is -3.14. The van der Waals surface area contributed by atoms with Crippen LogP contribution in [-0.2, 0) is 19.2 Å². The molecular formula is C14H26N4O7S. The van der Waals surface area contributed by atoms with Crippen molar-refractivity contribution in [3.8, 4) is 0 Å². The second kappa shape index (κ2) is 12.5. The summed E-state index contributed by atoms with van der Waals surface area (Å²) in [6.07, 6.45) is 0.882. The molecule has 26 heavy (non-hydrogen) atoms. The molecular weight excluding hydrogens is 368 g/mol. The molecule has 8 N–H and O–H groups in total. The van der Waals surface area contributed by atoms with E-state index in [2.05, 4.69) is 10.6 Å². The van der Waals surface area contributed by atoms with Gasteiger partial charge in [0.25, 0.3) is 0 Å². The zero-order chi connectivity index (χ0) is 20.3. The van der Waals surface area contributed by atoms with Gasteiger partial charge in [-0.2, -0.15) is 11.8 Å². The van der Waals surface area contributed by atoms with Crippen LogP contribution in [0, 0.1) is 0 Å². The van der Waals surface area contributed by atoms with Crippen LogP contribution in [0.2, 0.25) is 0 Å². The van der Waals surface area contributed by atoms with Gasteiger partial charge in [0.15, 0.2) is 0 Å². The van der Waals surface area contributed by atoms with Crippen molar-refractivity contribution in [1.82, 2.24) is 16.0 Å². The summed E-state index contributed by atoms with van der Waals surface area (Å²) in [5.41, 5.74) is 5.67. The number of rotatable bonds is 12. The van der Waals surface area contributed by atoms with E-state index in [-0.39, 0.29) is 0 Å². The van der Waals surface area contributed by atoms with Crippen LogP contribution in [0.5, 0.6) is 0 Å². The van der Waals surface area contributed by atoms with Crippen LogP contribution in [0.25, 0.3) is 0 Å². The third kappa shape index (κ3) is 8.99. The quantitative estimate of drug-likeness (QED) is 0.177. The molecule has 3 amide bonds. The van der Waals surface area contributed by atoms with Gasteiger partial charge in [-0.25, -0.2) is 0 Å². The number of aliphatic carboxylic acids is 1. The molecule has 12 heteroatoms. The Bertz CT molecular complexity index is 504. The summed E-state index contributed by atoms with van der Waals surface area (Å²) < 4.78 is 0. The Labute approximate surface area is 155 Å². The second-order valence-corrected chi connectivity index (χ2v) is 6.46. The van der Waals surface area contributed by atoms with Crippen molar-refractivity contribution in [2.75, 3.05) is 25.2 Å². The van der Waals surface area contributed by atoms with E-state index in [1.165, 1.54) is 18.7 Å². The molecule has 0 aliphatic carbocycles. The number of nitrogens with two attached hydrogens (primary N) is 1. The molecule has 0 bridgehead atoms. The first-order valence-corrected chi connectivity index (χ1v) is 9.17. The highest BCUT2D eigenvalue weighted by Gasteiger charge is 2.30. The maximum absolute atomic E-state index is 12.2. The van der Waals surface area contributed by atoms with Crippen molar-refractivity contribution < 1.29 is 34.5 Å². The number of carboxylic acid groups (broad SMARTS) is 1. The van der Waals surface area contributed by atoms with Crippen molar-refractivity contribution >= 4 is 35.5 Å². The molecule has 11 nitrogen and oxygen atoms in total. The van der Waals surface area contributed by atoms with Gasteiger partial charge in [-0.15, -0.1) is 0 Å². The predicted octanol–water partition coefficient (Wildman–Crippen LogP) is -3.39. The third-order valence-electron chi connectivity index (χ3n) is 3.26. The standard InChI is InChI=1S/C14H26N4O7S/c1-7(20)11(14(25)16-5-10(21)22)18-13(24)9(6-19)17-12(23)8(15)3-4-26-2/h7-9,11,19-20H,3-6,15H2,1-2H3,(H,16,25)(H,17,23)(H,18,24)(H,21,22). The lowest BCUT2D eigenvalue weighted by Crippen LogP contribution is -2.59. The molecule has 0 fully saturated rings. The van der Waals surface area contributed by atoms with Crippen molar-refractivity contribution in [2.24, 2.45) is 5.73 Å². The summed E-state index contributed by atoms with van der Waals surface area (Å²) in [4.78, 5) is 46.4. The molecule has 0 saturated heterocycles. The van der Waals surface area contributed by atoms with Crippen LogP contribution in [0.15, 0.2) is 0 Å². The molecule has 0 rings (SSSR count). The monoisotopic (exact) mass is 394 g/mol. The molecule has 0 aromatic rings. The fourth-order valence-corrected chi connectivity index (χ4v) is 2.27. The molecule has 4 unspecified atom stereocenters. The summed E-state index contributed by atoms with van der Waals surface area (Å²) in [5, 5.41) is 33.9. The Morgan fingerprint density at radius 1 is 1.12 bits per heavy atom. The van der Waals surface area contributed by atoms with Gasteiger partial charge < -0.3 is 37.0 Å². The van der Waals surface area contributed by atoms with Crippen LogP contribution < -0.4 is 21.7 Å². The van der Waals surface area contributed by atoms with E-state index in [1.807, 2.05) is 11.6 Å². The van der Waals surface area contributed by atoms with Gasteiger partial charge >= 0.3 is 5.97 Å². The highest BCUT2D eigenvalue weighted by atomic mass is 32.2. The minimum absolute atomic E-state index is 0.376. The Balaban J connectivity index is 4.84. The fraction of sp³-hybridized carbons (Fsp3) is 0.714. The zero-order valence-electron chi connectivity index (χ0n) is 14.6. The topological polar surface area (TPSA) is 191 Å². The first-order valence-electron chi connectivity index (χ1n) is 7.77. The molecule has 0 radical (unpaired) electrons. The molecule has 0 aromatic heterocycles. The number of amides is 3. The van der Waals surface area contributed by atoms with Gasteiger partial charge in [0.1, 0.15) is 18.6 Å². The lowest BCUT2D eigenvalue weighted by molar-refractivity contribution is -0.139. The molecule has 0 heterocycles. The summed E-state index contributed by atoms with van der Waals surface area (Å²) in [6, 6.07) is -3.70. The normalized spacial score (nSPS) is 15.3. The summed E-state index contributed by atoms with van der Waals surface area (Å²) in [6.45, 7) is -0.228. The van der Waals surface area contributed by atoms with Gasteiger partial charge in [0.2, 0.25) is 17.7 Å². The second-order valence-electron chi connectivity index (χ2n) is 5.47. The molecule has 0 aromatic carbocycles. The predicted molar refractivity (Wildman–Crippen MR) is 94.2 cm³/mol. The summed E-state index contributed by atoms with van der Waals surface area (Å²) >= 11 is 1.50. The van der Waals surface area contributed by atoms with Crippen molar-refractivity contribution in [1.29, 1.82) is 0 Å². The van der Waals surface area contributed by atoms with Crippen molar-refractivity contribution in [3.63, 3.8) is 0 Å². The third-order valence-corrected chi connectivity index (χ3v) is 3.91. The molecule has 0 aliphatic rings. The van der Waals surface area contributed by atoms with Gasteiger partial charge in [0.05, 0.1) is 18.8 Å². The summed E-state index contributed by atoms with van der Waals surface area (Å²) in [7, 11) is 0. The van der Waals surface area contributed by atoms with E-state index >= 15 is 0 Å². The molecule has 0 saturated carbocycles. The average molecular weight is 394 g/mol. The number of carboxylic acids is 1. The van der Waals surface area contributed by atoms with Crippen LogP contribution in [0.1, 0.15) is 13.3 Å². The highest BCUT2D eigenvalue weighted by Crippen LogP contribution is 2.00. The molecule has 4 atom stereocenters. The maximum Gasteiger partial charge on any atom is 0.322 e. The fourth-order valence-electron chi connectivity index (χ4n) is 1.78. The SMILES string of the molecule is CSCCC(N)C(=O)NC(CO)C(=O)NC(C(=O)NCC(=O)O)C(C)O. The number of hydrogen-bond acceptors (Lipinski definition) is 8. The number of carbonyl (C=O) groups excluding carboxylic acids is 3. The average Bonchev–Trinajstić information content (AvgIpc) is 2.58. The van der Waals surface area contributed by atoms with E-state index in [4.69, 9.17) is 10.8 Å². The van der Waals surface area contributed by atoms with E-state index in [0.29, 0.717) is 12.2 Å². The van der Waals surface area contributed by atoms with E-state index in [9.17, 15) is 29.4 Å². The highest BCUT2D eigenvalue weighted by molar-refractivity contribution is 7.98. The minimum Gasteiger partial charge on any atom is -0.480 e. The number of thioether (sulfide) groups is 1. The van der Waals surface area contributed by atoms with E-state index in [0.717, 1.165) is 0 Å². The van der Waals surface area contributed by atoms with Gasteiger partial charge in [-0.1, -0.05) is 0 Å². The lowest BCUT2D eigenvalue weighted by Gasteiger charge is -2.24. The van der Waals surface area contributed by atoms with Crippen LogP contribution in [0.4, 0.5) is 0 Å². The van der Waals surface area contributed by atoms with Crippen LogP contribution in [-0.4, -0.2) is 88.4 Å². The zero-order valence-corrected chi connectivity index (χ0v) is 15.4. The Morgan fingerprint density at radius 2 is 1.73 bits per heavy atom. The first-order chi connectivity index (χ1) is 12.1. The molecule has 150 valence electrons. The van der Waals surface area contributed by atoms with Crippen LogP contribution >= 0.6 is 11.8 Å². The Morgan fingerprint density at radius 3 is 2.19 bits per heavy atom. The number of hydrogen-bond donors (Lipinski definition) is 7. The van der Waals surface area contributed by atoms with Crippen molar-refractivity contribution in [2.45, 2.75) is 37.6 Å². The number of carbonyl (C=O) groups is 4. The Kier molecular flexibility index (Phi) is 11.6. The van der Waals surface area contributed by atoms with Gasteiger partial charge in [0, 0.05) is 0 Å². The van der Waals surface area contributed by atoms with Crippen molar-refractivity contribution in [3.05, 3.63) is 0 Å². The van der Waals surface area contributed by atoms with Crippen LogP contribution in [0.3, 0.4) is 0 Å². The number of nitrogens with one attached hydrogen (secondary N) is 3. The number of aliphatic hydroxyl groups excluding tert-OH is 2. The maximum atomic E-state index is 12.2. The minimum atomic E-state index is -1.46. The van der Waals surface area contributed by atoms with E-state index in [1.54, 1.807) is 0 Å². The number of aliphatic hydroxyl groups is 2. The Hall–Kier alpha value is -1.89. The van der Waals surface area contributed by atoms with Gasteiger partial charge in [-0.05, 0) is 25.4 Å². The molecule has 0 aliphatic heterocycles. The molecule has 0 spiro atoms. The largest absolute Gasteiger partial charge is 0.480 e. The van der Waals surface area contributed by atoms with E-state index < -0.39 is 61.1 Å². The lowest BCUT2D eigenvalue weighted by atomic mass is 10.1. The smallest absolute Gasteiger partial charge is 0.322 e.